The smallest absolute Gasteiger partial charge is 0.337 e. The maximum absolute atomic E-state index is 11.1. The van der Waals surface area contributed by atoms with E-state index in [1.807, 2.05) is 16.7 Å². The second kappa shape index (κ2) is 6.04. The molecular weight excluding hydrogens is 322 g/mol. The van der Waals surface area contributed by atoms with Gasteiger partial charge < -0.3 is 26.2 Å². The minimum Gasteiger partial charge on any atom is -0.478 e. The van der Waals surface area contributed by atoms with Crippen LogP contribution in [-0.4, -0.2) is 26.7 Å². The van der Waals surface area contributed by atoms with E-state index >= 15 is 0 Å². The van der Waals surface area contributed by atoms with Gasteiger partial charge in [-0.05, 0) is 42.5 Å². The van der Waals surface area contributed by atoms with E-state index in [1.54, 1.807) is 30.5 Å². The number of benzene rings is 2. The molecule has 7 nitrogen and oxygen atoms in total. The van der Waals surface area contributed by atoms with Crippen LogP contribution >= 0.6 is 0 Å². The number of aromatic carboxylic acids is 2. The Bertz CT molecular complexity index is 914. The number of carbonyl (C=O) groups is 2. The van der Waals surface area contributed by atoms with E-state index < -0.39 is 11.9 Å². The quantitative estimate of drug-likeness (QED) is 0.541. The first-order valence-electron chi connectivity index (χ1n) is 7.32. The van der Waals surface area contributed by atoms with Crippen LogP contribution in [0.4, 0.5) is 11.4 Å². The Labute approximate surface area is 142 Å². The molecule has 6 N–H and O–H groups in total. The molecule has 3 rings (SSSR count). The third kappa shape index (κ3) is 2.90. The van der Waals surface area contributed by atoms with Gasteiger partial charge in [-0.3, -0.25) is 0 Å². The van der Waals surface area contributed by atoms with Gasteiger partial charge in [-0.15, -0.1) is 0 Å². The lowest BCUT2D eigenvalue weighted by molar-refractivity contribution is 0.0687. The molecule has 0 spiro atoms. The number of carboxylic acid groups (broad SMARTS) is 2. The van der Waals surface area contributed by atoms with Crippen LogP contribution in [0.1, 0.15) is 20.7 Å². The molecule has 3 aromatic rings. The van der Waals surface area contributed by atoms with Crippen molar-refractivity contribution in [2.24, 2.45) is 0 Å². The lowest BCUT2D eigenvalue weighted by atomic mass is 10.1. The van der Waals surface area contributed by atoms with Gasteiger partial charge in [0.05, 0.1) is 16.8 Å². The van der Waals surface area contributed by atoms with Gasteiger partial charge in [0.15, 0.2) is 0 Å². The average molecular weight is 337 g/mol. The summed E-state index contributed by atoms with van der Waals surface area (Å²) in [7, 11) is 0. The molecule has 126 valence electrons. The second-order valence-corrected chi connectivity index (χ2v) is 5.45. The predicted octanol–water partition coefficient (Wildman–Crippen LogP) is 2.71. The Balaban J connectivity index is 2.07. The molecule has 0 saturated carbocycles. The monoisotopic (exact) mass is 337 g/mol. The molecule has 0 atom stereocenters. The largest absolute Gasteiger partial charge is 0.478 e. The zero-order valence-electron chi connectivity index (χ0n) is 13.0. The van der Waals surface area contributed by atoms with Crippen molar-refractivity contribution in [2.45, 2.75) is 0 Å². The molecule has 7 heteroatoms. The van der Waals surface area contributed by atoms with Crippen molar-refractivity contribution in [1.29, 1.82) is 0 Å². The maximum Gasteiger partial charge on any atom is 0.337 e. The summed E-state index contributed by atoms with van der Waals surface area (Å²) in [5.74, 6) is -2.18. The van der Waals surface area contributed by atoms with Gasteiger partial charge in [0.1, 0.15) is 0 Å². The Hall–Kier alpha value is -3.74. The fraction of sp³-hybridized carbons (Fsp3) is 0. The first-order valence-corrected chi connectivity index (χ1v) is 7.32. The van der Waals surface area contributed by atoms with Crippen molar-refractivity contribution >= 4 is 23.3 Å². The van der Waals surface area contributed by atoms with Crippen molar-refractivity contribution in [3.05, 3.63) is 65.9 Å². The van der Waals surface area contributed by atoms with Crippen molar-refractivity contribution < 1.29 is 19.8 Å². The summed E-state index contributed by atoms with van der Waals surface area (Å²) >= 11 is 0. The number of nitrogens with zero attached hydrogens (tertiary/aromatic N) is 1. The standard InChI is InChI=1S/C18H15N3O4/c19-14-8-10(3-5-12(14)17(22)23)16-2-1-7-21(16)11-4-6-13(18(24)25)15(20)9-11/h1-9H,19-20H2,(H,22,23)(H,24,25). The molecule has 0 saturated heterocycles. The van der Waals surface area contributed by atoms with Gasteiger partial charge in [0.2, 0.25) is 0 Å². The zero-order chi connectivity index (χ0) is 18.1. The van der Waals surface area contributed by atoms with Crippen LogP contribution in [0.15, 0.2) is 54.7 Å². The topological polar surface area (TPSA) is 132 Å². The van der Waals surface area contributed by atoms with Crippen LogP contribution < -0.4 is 11.5 Å². The zero-order valence-corrected chi connectivity index (χ0v) is 13.0. The summed E-state index contributed by atoms with van der Waals surface area (Å²) in [6.45, 7) is 0. The molecule has 0 radical (unpaired) electrons. The number of aromatic nitrogens is 1. The van der Waals surface area contributed by atoms with Gasteiger partial charge in [-0.1, -0.05) is 6.07 Å². The lowest BCUT2D eigenvalue weighted by Crippen LogP contribution is -2.05. The molecule has 0 bridgehead atoms. The third-order valence-electron chi connectivity index (χ3n) is 3.87. The highest BCUT2D eigenvalue weighted by Gasteiger charge is 2.13. The van der Waals surface area contributed by atoms with E-state index in [0.29, 0.717) is 5.69 Å². The number of carboxylic acids is 2. The molecule has 0 aliphatic heterocycles. The van der Waals surface area contributed by atoms with Crippen LogP contribution in [-0.2, 0) is 0 Å². The maximum atomic E-state index is 11.1. The van der Waals surface area contributed by atoms with E-state index in [1.165, 1.54) is 12.1 Å². The van der Waals surface area contributed by atoms with Crippen molar-refractivity contribution in [1.82, 2.24) is 4.57 Å². The van der Waals surface area contributed by atoms with Gasteiger partial charge in [0.25, 0.3) is 0 Å². The van der Waals surface area contributed by atoms with E-state index in [-0.39, 0.29) is 22.5 Å². The van der Waals surface area contributed by atoms with Crippen LogP contribution in [0, 0.1) is 0 Å². The molecule has 0 unspecified atom stereocenters. The second-order valence-electron chi connectivity index (χ2n) is 5.45. The van der Waals surface area contributed by atoms with E-state index in [4.69, 9.17) is 21.7 Å². The number of hydrogen-bond donors (Lipinski definition) is 4. The van der Waals surface area contributed by atoms with Crippen molar-refractivity contribution in [3.63, 3.8) is 0 Å². The summed E-state index contributed by atoms with van der Waals surface area (Å²) in [5, 5.41) is 18.1. The fourth-order valence-electron chi connectivity index (χ4n) is 2.65. The van der Waals surface area contributed by atoms with E-state index in [2.05, 4.69) is 0 Å². The molecule has 25 heavy (non-hydrogen) atoms. The molecule has 0 aliphatic carbocycles. The van der Waals surface area contributed by atoms with Crippen LogP contribution in [0.5, 0.6) is 0 Å². The number of nitrogen functional groups attached to an aromatic ring is 2. The Morgan fingerprint density at radius 2 is 1.44 bits per heavy atom. The number of rotatable bonds is 4. The fourth-order valence-corrected chi connectivity index (χ4v) is 2.65. The van der Waals surface area contributed by atoms with Gasteiger partial charge >= 0.3 is 11.9 Å². The molecule has 2 aromatic carbocycles. The van der Waals surface area contributed by atoms with E-state index in [9.17, 15) is 9.59 Å². The van der Waals surface area contributed by atoms with Crippen LogP contribution in [0.3, 0.4) is 0 Å². The third-order valence-corrected chi connectivity index (χ3v) is 3.87. The SMILES string of the molecule is Nc1cc(-c2cccn2-c2ccc(C(=O)O)c(N)c2)ccc1C(=O)O. The van der Waals surface area contributed by atoms with Crippen molar-refractivity contribution in [3.8, 4) is 16.9 Å². The van der Waals surface area contributed by atoms with Gasteiger partial charge in [-0.2, -0.15) is 0 Å². The Kier molecular flexibility index (Phi) is 3.90. The average Bonchev–Trinajstić information content (AvgIpc) is 3.03. The highest BCUT2D eigenvalue weighted by molar-refractivity contribution is 5.95. The van der Waals surface area contributed by atoms with Crippen LogP contribution in [0.25, 0.3) is 16.9 Å². The molecule has 0 amide bonds. The Morgan fingerprint density at radius 3 is 2.00 bits per heavy atom. The van der Waals surface area contributed by atoms with E-state index in [0.717, 1.165) is 11.3 Å². The summed E-state index contributed by atoms with van der Waals surface area (Å²) in [6, 6.07) is 13.0. The van der Waals surface area contributed by atoms with Gasteiger partial charge in [-0.25, -0.2) is 9.59 Å². The molecule has 0 aliphatic rings. The minimum atomic E-state index is -1.09. The number of nitrogens with two attached hydrogens (primary N) is 2. The highest BCUT2D eigenvalue weighted by atomic mass is 16.4. The number of hydrogen-bond acceptors (Lipinski definition) is 4. The molecule has 0 fully saturated rings. The summed E-state index contributed by atoms with van der Waals surface area (Å²) in [6.07, 6.45) is 1.80. The number of anilines is 2. The highest BCUT2D eigenvalue weighted by Crippen LogP contribution is 2.28. The molecule has 1 aromatic heterocycles. The molecule has 1 heterocycles. The van der Waals surface area contributed by atoms with Crippen LogP contribution in [0.2, 0.25) is 0 Å². The summed E-state index contributed by atoms with van der Waals surface area (Å²) < 4.78 is 1.82. The normalized spacial score (nSPS) is 10.6. The predicted molar refractivity (Wildman–Crippen MR) is 93.9 cm³/mol. The minimum absolute atomic E-state index is 0.0347. The van der Waals surface area contributed by atoms with Gasteiger partial charge in [0, 0.05) is 28.8 Å². The Morgan fingerprint density at radius 1 is 0.840 bits per heavy atom. The van der Waals surface area contributed by atoms with Crippen molar-refractivity contribution in [2.75, 3.05) is 11.5 Å². The molecular formula is C18H15N3O4. The summed E-state index contributed by atoms with van der Waals surface area (Å²) in [5.41, 5.74) is 14.2. The first kappa shape index (κ1) is 16.1. The summed E-state index contributed by atoms with van der Waals surface area (Å²) in [4.78, 5) is 22.2. The lowest BCUT2D eigenvalue weighted by Gasteiger charge is -2.12. The first-order chi connectivity index (χ1) is 11.9.